The number of benzene rings is 1. The molecule has 2 aromatic heterocycles. The highest BCUT2D eigenvalue weighted by Crippen LogP contribution is 2.26. The molecule has 0 atom stereocenters. The van der Waals surface area contributed by atoms with Gasteiger partial charge in [0.05, 0.1) is 18.3 Å². The average Bonchev–Trinajstić information content (AvgIpc) is 2.76. The van der Waals surface area contributed by atoms with E-state index in [1.54, 1.807) is 25.3 Å². The van der Waals surface area contributed by atoms with E-state index in [-0.39, 0.29) is 5.75 Å². The summed E-state index contributed by atoms with van der Waals surface area (Å²) in [4.78, 5) is 18.8. The van der Waals surface area contributed by atoms with E-state index >= 15 is 0 Å². The molecule has 2 heterocycles. The van der Waals surface area contributed by atoms with Crippen LogP contribution in [0.1, 0.15) is 11.3 Å². The Bertz CT molecular complexity index is 1070. The van der Waals surface area contributed by atoms with Gasteiger partial charge in [-0.2, -0.15) is 0 Å². The van der Waals surface area contributed by atoms with Crippen molar-refractivity contribution in [2.45, 2.75) is 13.3 Å². The molecule has 1 aromatic carbocycles. The fraction of sp³-hybridized carbons (Fsp3) is 0.125. The molecule has 3 rings (SSSR count). The van der Waals surface area contributed by atoms with Gasteiger partial charge in [-0.3, -0.25) is 14.8 Å². The third-order valence-electron chi connectivity index (χ3n) is 4.26. The number of fused-ring (bicyclic) bond motifs is 1. The van der Waals surface area contributed by atoms with Crippen LogP contribution in [0.4, 0.5) is 5.69 Å². The number of anilines is 1. The number of ether oxygens (including phenoxy) is 1. The zero-order valence-electron chi connectivity index (χ0n) is 17.1. The second-order valence-corrected chi connectivity index (χ2v) is 6.32. The molecule has 0 fully saturated rings. The first-order valence-corrected chi connectivity index (χ1v) is 9.23. The molecule has 0 saturated heterocycles. The molecule has 6 nitrogen and oxygen atoms in total. The van der Waals surface area contributed by atoms with Crippen LogP contribution in [0.5, 0.6) is 11.5 Å². The first-order chi connectivity index (χ1) is 14.5. The summed E-state index contributed by atoms with van der Waals surface area (Å²) in [5.41, 5.74) is 4.42. The van der Waals surface area contributed by atoms with E-state index in [0.717, 1.165) is 34.1 Å². The van der Waals surface area contributed by atoms with Crippen LogP contribution in [0.25, 0.3) is 10.9 Å². The van der Waals surface area contributed by atoms with Gasteiger partial charge in [-0.1, -0.05) is 31.4 Å². The molecule has 1 amide bonds. The van der Waals surface area contributed by atoms with Crippen LogP contribution in [-0.2, 0) is 11.2 Å². The molecule has 0 unspecified atom stereocenters. The maximum atomic E-state index is 10.5. The summed E-state index contributed by atoms with van der Waals surface area (Å²) in [7, 11) is 1.51. The fourth-order valence-electron chi connectivity index (χ4n) is 2.72. The summed E-state index contributed by atoms with van der Waals surface area (Å²) in [6, 6.07) is 9.31. The van der Waals surface area contributed by atoms with Crippen LogP contribution in [-0.4, -0.2) is 28.6 Å². The van der Waals surface area contributed by atoms with E-state index < -0.39 is 0 Å². The summed E-state index contributed by atoms with van der Waals surface area (Å²) < 4.78 is 4.84. The minimum absolute atomic E-state index is 0.116. The molecule has 0 aliphatic carbocycles. The highest BCUT2D eigenvalue weighted by molar-refractivity contribution is 5.85. The van der Waals surface area contributed by atoms with Gasteiger partial charge in [-0.15, -0.1) is 0 Å². The Morgan fingerprint density at radius 1 is 1.23 bits per heavy atom. The first-order valence-electron chi connectivity index (χ1n) is 9.23. The third-order valence-corrected chi connectivity index (χ3v) is 4.26. The maximum Gasteiger partial charge on any atom is 0.211 e. The summed E-state index contributed by atoms with van der Waals surface area (Å²) in [5.74, 6) is 0.581. The van der Waals surface area contributed by atoms with Crippen molar-refractivity contribution in [1.29, 1.82) is 0 Å². The third kappa shape index (κ3) is 6.04. The van der Waals surface area contributed by atoms with E-state index in [2.05, 4.69) is 34.5 Å². The van der Waals surface area contributed by atoms with Gasteiger partial charge < -0.3 is 15.2 Å². The maximum absolute atomic E-state index is 10.5. The Kier molecular flexibility index (Phi) is 8.32. The van der Waals surface area contributed by atoms with E-state index in [9.17, 15) is 9.90 Å². The number of methoxy groups -OCH3 is 1. The molecule has 0 aliphatic rings. The second kappa shape index (κ2) is 11.2. The number of nitrogens with one attached hydrogen (secondary N) is 1. The number of rotatable bonds is 7. The lowest BCUT2D eigenvalue weighted by Gasteiger charge is -2.05. The van der Waals surface area contributed by atoms with Gasteiger partial charge in [0.25, 0.3) is 0 Å². The second-order valence-electron chi connectivity index (χ2n) is 6.32. The van der Waals surface area contributed by atoms with Crippen molar-refractivity contribution in [3.8, 4) is 11.5 Å². The Morgan fingerprint density at radius 3 is 2.67 bits per heavy atom. The molecule has 6 heteroatoms. The summed E-state index contributed by atoms with van der Waals surface area (Å²) in [6.45, 7) is 9.20. The quantitative estimate of drug-likeness (QED) is 0.439. The van der Waals surface area contributed by atoms with Crippen molar-refractivity contribution < 1.29 is 14.6 Å². The smallest absolute Gasteiger partial charge is 0.211 e. The van der Waals surface area contributed by atoms with Gasteiger partial charge in [0.1, 0.15) is 0 Å². The molecule has 0 bridgehead atoms. The molecule has 30 heavy (non-hydrogen) atoms. The van der Waals surface area contributed by atoms with Gasteiger partial charge >= 0.3 is 0 Å². The number of nitrogens with zero attached hydrogens (tertiary/aromatic N) is 2. The molecule has 0 radical (unpaired) electrons. The minimum Gasteiger partial charge on any atom is -0.503 e. The lowest BCUT2D eigenvalue weighted by molar-refractivity contribution is -0.105. The van der Waals surface area contributed by atoms with Gasteiger partial charge in [0.15, 0.2) is 11.5 Å². The number of carbonyl (C=O) groups excluding carboxylic acids is 1. The van der Waals surface area contributed by atoms with E-state index in [0.29, 0.717) is 17.9 Å². The highest BCUT2D eigenvalue weighted by Gasteiger charge is 2.03. The van der Waals surface area contributed by atoms with Crippen LogP contribution in [0.2, 0.25) is 0 Å². The molecule has 0 saturated carbocycles. The fourth-order valence-corrected chi connectivity index (χ4v) is 2.72. The largest absolute Gasteiger partial charge is 0.503 e. The predicted molar refractivity (Wildman–Crippen MR) is 121 cm³/mol. The SMILES string of the molecule is C=C/C=C(\C=C)Cc1cnc2ccc(NC=O)cc2c1.COc1ccnc(C)c1O. The molecular formula is C24H25N3O3. The van der Waals surface area contributed by atoms with Gasteiger partial charge in [0.2, 0.25) is 6.41 Å². The summed E-state index contributed by atoms with van der Waals surface area (Å²) in [6.07, 6.45) is 10.4. The Hall–Kier alpha value is -3.93. The number of aromatic hydroxyl groups is 1. The van der Waals surface area contributed by atoms with Crippen LogP contribution < -0.4 is 10.1 Å². The standard InChI is InChI=1S/C17H16N2O.C7H9NO2/c1-3-5-13(4-2)8-14-9-15-10-16(19-12-20)6-7-17(15)18-11-14;1-5-7(9)6(10-2)3-4-8-5/h3-7,9-12H,1-2,8H2,(H,19,20);3-4,9H,1-2H3/b13-5+;. The molecule has 154 valence electrons. The lowest BCUT2D eigenvalue weighted by Crippen LogP contribution is -1.94. The van der Waals surface area contributed by atoms with Crippen molar-refractivity contribution in [3.63, 3.8) is 0 Å². The molecular weight excluding hydrogens is 378 g/mol. The number of hydrogen-bond acceptors (Lipinski definition) is 5. The zero-order chi connectivity index (χ0) is 21.9. The zero-order valence-corrected chi connectivity index (χ0v) is 17.1. The predicted octanol–water partition coefficient (Wildman–Crippen LogP) is 4.75. The highest BCUT2D eigenvalue weighted by atomic mass is 16.5. The van der Waals surface area contributed by atoms with E-state index in [1.165, 1.54) is 7.11 Å². The van der Waals surface area contributed by atoms with Crippen LogP contribution >= 0.6 is 0 Å². The van der Waals surface area contributed by atoms with Gasteiger partial charge in [-0.05, 0) is 48.7 Å². The minimum atomic E-state index is 0.116. The van der Waals surface area contributed by atoms with E-state index in [1.807, 2.05) is 36.5 Å². The van der Waals surface area contributed by atoms with Crippen LogP contribution in [0, 0.1) is 6.92 Å². The number of pyridine rings is 2. The number of aryl methyl sites for hydroxylation is 1. The van der Waals surface area contributed by atoms with Crippen molar-refractivity contribution in [2.24, 2.45) is 0 Å². The van der Waals surface area contributed by atoms with Crippen molar-refractivity contribution in [1.82, 2.24) is 9.97 Å². The Morgan fingerprint density at radius 2 is 2.03 bits per heavy atom. The number of allylic oxidation sites excluding steroid dienone is 4. The first kappa shape index (κ1) is 22.4. The Labute approximate surface area is 176 Å². The molecule has 3 aromatic rings. The van der Waals surface area contributed by atoms with Gasteiger partial charge in [0, 0.05) is 29.5 Å². The van der Waals surface area contributed by atoms with Gasteiger partial charge in [-0.25, -0.2) is 0 Å². The number of hydrogen-bond donors (Lipinski definition) is 2. The summed E-state index contributed by atoms with van der Waals surface area (Å²) in [5, 5.41) is 12.8. The number of carbonyl (C=O) groups is 1. The normalized spacial score (nSPS) is 10.5. The van der Waals surface area contributed by atoms with Crippen molar-refractivity contribution in [3.05, 3.63) is 90.9 Å². The van der Waals surface area contributed by atoms with Crippen molar-refractivity contribution >= 4 is 23.0 Å². The van der Waals surface area contributed by atoms with Crippen LogP contribution in [0.15, 0.2) is 79.7 Å². The number of amides is 1. The number of aromatic nitrogens is 2. The monoisotopic (exact) mass is 403 g/mol. The van der Waals surface area contributed by atoms with Crippen LogP contribution in [0.3, 0.4) is 0 Å². The Balaban J connectivity index is 0.000000269. The van der Waals surface area contributed by atoms with Crippen molar-refractivity contribution in [2.75, 3.05) is 12.4 Å². The lowest BCUT2D eigenvalue weighted by atomic mass is 10.0. The molecule has 2 N–H and O–H groups in total. The summed E-state index contributed by atoms with van der Waals surface area (Å²) >= 11 is 0. The average molecular weight is 403 g/mol. The molecule has 0 spiro atoms. The topological polar surface area (TPSA) is 84.3 Å². The molecule has 0 aliphatic heterocycles. The van der Waals surface area contributed by atoms with E-state index in [4.69, 9.17) is 4.74 Å².